The Kier molecular flexibility index (Phi) is 62.0. The number of aryl methyl sites for hydroxylation is 3. The molecule has 0 spiro atoms. The first-order valence-corrected chi connectivity index (χ1v) is 53.6. The molecule has 2 atom stereocenters. The van der Waals surface area contributed by atoms with Crippen LogP contribution in [-0.4, -0.2) is 284 Å². The van der Waals surface area contributed by atoms with Crippen LogP contribution in [0.2, 0.25) is 30.4 Å². The molecule has 11 heterocycles. The van der Waals surface area contributed by atoms with Crippen LogP contribution in [0.3, 0.4) is 0 Å². The van der Waals surface area contributed by atoms with Gasteiger partial charge < -0.3 is 73.7 Å². The summed E-state index contributed by atoms with van der Waals surface area (Å²) in [5.41, 5.74) is 12.7. The molecule has 50 heteroatoms. The number of ether oxygens (including phenoxy) is 5. The first-order valence-electron chi connectivity index (χ1n) is 40.8. The van der Waals surface area contributed by atoms with Crippen LogP contribution in [0.15, 0.2) is 129 Å². The van der Waals surface area contributed by atoms with Crippen molar-refractivity contribution in [1.82, 2.24) is 34.8 Å². The molecule has 0 bridgehead atoms. The molecule has 7 aromatic rings. The summed E-state index contributed by atoms with van der Waals surface area (Å²) in [4.78, 5) is 125. The van der Waals surface area contributed by atoms with Crippen molar-refractivity contribution in [3.05, 3.63) is 168 Å². The second-order valence-electron chi connectivity index (χ2n) is 29.0. The molecule has 15 rings (SSSR count). The van der Waals surface area contributed by atoms with Gasteiger partial charge in [0, 0.05) is 208 Å². The number of benzene rings is 4. The van der Waals surface area contributed by atoms with E-state index in [9.17, 15) is 42.3 Å². The zero-order valence-electron chi connectivity index (χ0n) is 75.6. The van der Waals surface area contributed by atoms with Gasteiger partial charge in [0.05, 0.1) is 102 Å². The third-order valence-electron chi connectivity index (χ3n) is 19.2. The van der Waals surface area contributed by atoms with E-state index >= 15 is 0 Å². The van der Waals surface area contributed by atoms with Crippen molar-refractivity contribution in [2.75, 3.05) is 222 Å². The number of H-pyrrole nitrogens is 1. The Bertz CT molecular complexity index is 4970. The molecular weight excluding hydrogens is 2090 g/mol. The Labute approximate surface area is 887 Å². The minimum Gasteiger partial charge on any atom is -0.857 e. The Morgan fingerprint density at radius 2 is 0.949 bits per heavy atom. The van der Waals surface area contributed by atoms with Gasteiger partial charge in [0.1, 0.15) is 5.15 Å². The molecule has 8 aliphatic rings. The second kappa shape index (κ2) is 66.8. The predicted molar refractivity (Wildman–Crippen MR) is 558 cm³/mol. The monoisotopic (exact) mass is 2210 g/mol. The number of esters is 5. The number of aromatic nitrogens is 6. The van der Waals surface area contributed by atoms with Crippen LogP contribution >= 0.6 is 168 Å². The van der Waals surface area contributed by atoms with Crippen LogP contribution in [0.1, 0.15) is 65.5 Å². The average Bonchev–Trinajstić information content (AvgIpc) is 1.62. The molecular formula is C86H117Cl9N16NaO17PS6. The third-order valence-corrected chi connectivity index (χ3v) is 27.1. The van der Waals surface area contributed by atoms with E-state index in [4.69, 9.17) is 96.1 Å². The van der Waals surface area contributed by atoms with Gasteiger partial charge in [-0.25, -0.2) is 24.6 Å². The van der Waals surface area contributed by atoms with Gasteiger partial charge >= 0.3 is 64.6 Å². The van der Waals surface area contributed by atoms with Gasteiger partial charge in [-0.15, -0.1) is 47.0 Å². The van der Waals surface area contributed by atoms with E-state index in [1.807, 2.05) is 89.8 Å². The number of methoxy groups -OCH3 is 5. The van der Waals surface area contributed by atoms with Crippen LogP contribution < -0.4 is 80.3 Å². The molecule has 5 N–H and O–H groups in total. The van der Waals surface area contributed by atoms with Crippen molar-refractivity contribution in [1.29, 1.82) is 5.41 Å². The SMILES string of the molecule is C.C.C=CC(=O)OC.CC(C)(C)OO.COC(=O)C1SCCC1=O.COC(=O)CCSCC(=O)OC.COC(=O)CS.C[O-].Clc1ccc(N2CCN(c3nc(Cl)c4c(n3)CCS4)CC2)cc1.N=C(N)N1CCN(c2ccc(Cl)cc2)CC1.O=P(Cl)(Cl)Cl.O=[S@@]1CCc2nc(N3CCN(c4ccc(Cl)cc4)CC3)nc(Cl)c21.O=c1[nH]c(N2CCN(c3ccc(Cl)cc3)CC2)nc2c1SCC2.[Na+]. The van der Waals surface area contributed by atoms with Crippen molar-refractivity contribution in [2.24, 2.45) is 5.73 Å². The number of halogens is 9. The van der Waals surface area contributed by atoms with E-state index in [-0.39, 0.29) is 91.1 Å². The molecule has 8 aliphatic heterocycles. The maximum atomic E-state index is 12.1. The van der Waals surface area contributed by atoms with Gasteiger partial charge in [-0.1, -0.05) is 91.0 Å². The Balaban J connectivity index is 0.000000532. The van der Waals surface area contributed by atoms with Crippen molar-refractivity contribution in [2.45, 2.75) is 93.3 Å². The number of nitrogens with one attached hydrogen (secondary N) is 2. The number of nitrogens with two attached hydrogens (primary N) is 1. The first-order chi connectivity index (χ1) is 63.3. The maximum absolute atomic E-state index is 12.1. The number of hydrogen-bond acceptors (Lipinski definition) is 35. The molecule has 0 saturated carbocycles. The molecule has 1 unspecified atom stereocenters. The van der Waals surface area contributed by atoms with Crippen LogP contribution in [0, 0.1) is 5.41 Å². The number of anilines is 7. The normalized spacial score (nSPS) is 15.7. The number of Topliss-reactive ketones (excluding diaryl/α,β-unsaturated/α-hetero) is 1. The summed E-state index contributed by atoms with van der Waals surface area (Å²) in [7, 11) is 6.32. The summed E-state index contributed by atoms with van der Waals surface area (Å²) in [5.74, 6) is 5.05. The standard InChI is InChI=1S/C16H16Cl2N4OS.C16H16Cl2N4S.C16H17ClN4OS.C11H15ClN4.C7H12O4S.C6H8O3S.C4H10O2.C4H6O2.C3H6O2S.CH3O.2CH4.Cl3OP.Na/c17-11-1-3-12(4-2-11)21-6-8-22(9-7-21)16-19-13-5-10-24(23)14(13)15(18)20-16;17-11-1-3-12(4-2-11)21-6-8-22(9-7-21)16-19-13-5-10-23-14(13)15(18)20-16;17-11-1-3-12(4-2-11)20-6-8-21(9-7-20)16-18-13-5-10-23-14(13)15(22)19-16;12-9-1-3-10(4-2-9)15-5-7-16(8-6-15)11(13)14;1-10-6(8)3-4-12-5-7(9)11-2;1-9-6(8)5-4(7)2-3-10-5;1-4(2,3)6-5;1-3-4(5)6-2;1-5-3(4)2-6;1-2;;;1-5(2,3)4;/h1-4H,5-10H2;1-4H,5-10H2;1-4H,5-10H2,(H,18,19,22);1-4H,5-8H2,(H3,13,14);3-5H2,1-2H3;5H,2-3H2,1H3;5H,1-3H3;3H,1H2,2H3;6H,2H2,1H3;1H3;2*1H4;;/q;;;;;;;;;-1;;;;+1/t24-;;;;;;;;;;;;;/m1............./s1. The topological polar surface area (TPSA) is 408 Å². The largest absolute Gasteiger partial charge is 1.00 e. The molecule has 33 nitrogen and oxygen atoms in total. The molecule has 0 radical (unpaired) electrons. The third kappa shape index (κ3) is 45.6. The molecule has 5 saturated heterocycles. The van der Waals surface area contributed by atoms with Crippen LogP contribution in [0.25, 0.3) is 0 Å². The van der Waals surface area contributed by atoms with E-state index < -0.39 is 38.8 Å². The summed E-state index contributed by atoms with van der Waals surface area (Å²) < 4.78 is 43.0. The summed E-state index contributed by atoms with van der Waals surface area (Å²) in [6.07, 6.45) is 4.53. The quantitative estimate of drug-likeness (QED) is 0.00508. The van der Waals surface area contributed by atoms with Gasteiger partial charge in [-0.05, 0) is 152 Å². The molecule has 4 aromatic carbocycles. The van der Waals surface area contributed by atoms with Gasteiger partial charge in [0.15, 0.2) is 22.1 Å². The van der Waals surface area contributed by atoms with Gasteiger partial charge in [-0.3, -0.25) is 53.2 Å². The van der Waals surface area contributed by atoms with Crippen LogP contribution in [-0.2, 0) is 92.0 Å². The fourth-order valence-corrected chi connectivity index (χ4v) is 18.9. The number of rotatable bonds is 15. The van der Waals surface area contributed by atoms with E-state index in [2.05, 4.69) is 153 Å². The number of carbonyl (C=O) groups excluding carboxylic acids is 6. The van der Waals surface area contributed by atoms with E-state index in [0.29, 0.717) is 57.9 Å². The van der Waals surface area contributed by atoms with Crippen molar-refractivity contribution < 1.29 is 106 Å². The van der Waals surface area contributed by atoms with E-state index in [0.717, 1.165) is 201 Å². The Hall–Kier alpha value is -5.83. The zero-order valence-corrected chi connectivity index (χ0v) is 90.3. The van der Waals surface area contributed by atoms with Crippen molar-refractivity contribution in [3.8, 4) is 0 Å². The number of thiol groups is 1. The summed E-state index contributed by atoms with van der Waals surface area (Å²) >= 11 is 59.8. The molecule has 136 heavy (non-hydrogen) atoms. The van der Waals surface area contributed by atoms with Gasteiger partial charge in [0.25, 0.3) is 5.56 Å². The second-order valence-corrected chi connectivity index (χ2v) is 44.5. The number of fused-ring (bicyclic) bond motifs is 3. The molecule has 0 aliphatic carbocycles. The summed E-state index contributed by atoms with van der Waals surface area (Å²) in [5, 5.41) is 23.7. The zero-order chi connectivity index (χ0) is 98.5. The van der Waals surface area contributed by atoms with Gasteiger partial charge in [-0.2, -0.15) is 29.7 Å². The average molecular weight is 2210 g/mol. The first kappa shape index (κ1) is 126. The van der Waals surface area contributed by atoms with Gasteiger partial charge in [0.2, 0.25) is 17.8 Å². The summed E-state index contributed by atoms with van der Waals surface area (Å²) in [6, 6.07) is 31.7. The number of hydrogen-bond donors (Lipinski definition) is 5. The van der Waals surface area contributed by atoms with Crippen LogP contribution in [0.4, 0.5) is 40.6 Å². The number of nitrogens with zero attached hydrogens (tertiary/aromatic N) is 13. The number of thioether (sulfide) groups is 4. The minimum atomic E-state index is -3.22. The van der Waals surface area contributed by atoms with E-state index in [1.54, 1.807) is 44.3 Å². The van der Waals surface area contributed by atoms with Crippen molar-refractivity contribution in [3.63, 3.8) is 0 Å². The fraction of sp³-hybridized carbons (Fsp3) is 0.477. The maximum Gasteiger partial charge on any atom is 1.00 e. The van der Waals surface area contributed by atoms with Crippen molar-refractivity contribution >= 4 is 261 Å². The number of guanidine groups is 1. The molecule has 0 amide bonds. The molecule has 748 valence electrons. The molecule has 5 fully saturated rings. The van der Waals surface area contributed by atoms with Crippen LogP contribution in [0.5, 0.6) is 0 Å². The number of carbonyl (C=O) groups is 6. The minimum absolute atomic E-state index is 0. The number of piperazine rings is 4. The smallest absolute Gasteiger partial charge is 0.857 e. The summed E-state index contributed by atoms with van der Waals surface area (Å²) in [6.45, 7) is 22.4. The Morgan fingerprint density at radius 1 is 0.574 bits per heavy atom. The number of aromatic amines is 1. The van der Waals surface area contributed by atoms with E-state index in [1.165, 1.54) is 81.8 Å². The fourth-order valence-electron chi connectivity index (χ4n) is 12.4. The number of ketones is 1. The predicted octanol–water partition coefficient (Wildman–Crippen LogP) is 12.7. The molecule has 3 aromatic heterocycles. The Morgan fingerprint density at radius 3 is 1.29 bits per heavy atom.